The van der Waals surface area contributed by atoms with E-state index in [0.717, 1.165) is 13.0 Å². The number of unbranched alkanes of at least 4 members (excludes halogenated alkanes) is 15. The molecule has 0 aliphatic rings. The second-order valence-corrected chi connectivity index (χ2v) is 7.54. The molecule has 1 N–H and O–H groups in total. The Bertz CT molecular complexity index is 287. The minimum Gasteiger partial charge on any atom is -0.548 e. The predicted molar refractivity (Wildman–Crippen MR) is 107 cm³/mol. The fourth-order valence-electron chi connectivity index (χ4n) is 3.34. The summed E-state index contributed by atoms with van der Waals surface area (Å²) in [7, 11) is 0. The second-order valence-electron chi connectivity index (χ2n) is 7.54. The standard InChI is InChI=1S/C22H45NO2.Na/c1-3-5-6-7-8-9-10-11-12-13-14-15-16-17-18-19-20-23-21(4-2)22(24)25;/h21,23H,3-20H2,1-2H3,(H,24,25);/q;+1/p-1. The molecule has 0 amide bonds. The molecule has 0 fully saturated rings. The van der Waals surface area contributed by atoms with Crippen LogP contribution in [-0.2, 0) is 4.79 Å². The van der Waals surface area contributed by atoms with Gasteiger partial charge in [-0.05, 0) is 19.4 Å². The van der Waals surface area contributed by atoms with Crippen LogP contribution in [0, 0.1) is 0 Å². The molecule has 1 unspecified atom stereocenters. The van der Waals surface area contributed by atoms with Crippen molar-refractivity contribution in [1.82, 2.24) is 5.32 Å². The van der Waals surface area contributed by atoms with Crippen LogP contribution in [0.2, 0.25) is 0 Å². The summed E-state index contributed by atoms with van der Waals surface area (Å²) in [6.45, 7) is 4.95. The van der Waals surface area contributed by atoms with Crippen molar-refractivity contribution in [3.8, 4) is 0 Å². The Hall–Kier alpha value is 0.430. The van der Waals surface area contributed by atoms with Crippen LogP contribution in [0.1, 0.15) is 123 Å². The van der Waals surface area contributed by atoms with Crippen LogP contribution in [0.5, 0.6) is 0 Å². The van der Waals surface area contributed by atoms with Crippen molar-refractivity contribution in [3.63, 3.8) is 0 Å². The first-order chi connectivity index (χ1) is 12.2. The fraction of sp³-hybridized carbons (Fsp3) is 0.955. The Balaban J connectivity index is 0. The van der Waals surface area contributed by atoms with Crippen LogP contribution in [0.3, 0.4) is 0 Å². The van der Waals surface area contributed by atoms with E-state index < -0.39 is 12.0 Å². The molecular weight excluding hydrogens is 333 g/mol. The molecule has 150 valence electrons. The Morgan fingerprint density at radius 2 is 1.04 bits per heavy atom. The molecule has 26 heavy (non-hydrogen) atoms. The second kappa shape index (κ2) is 23.5. The summed E-state index contributed by atoms with van der Waals surface area (Å²) in [6, 6.07) is -0.476. The van der Waals surface area contributed by atoms with Crippen molar-refractivity contribution in [2.45, 2.75) is 129 Å². The summed E-state index contributed by atoms with van der Waals surface area (Å²) < 4.78 is 0. The fourth-order valence-corrected chi connectivity index (χ4v) is 3.34. The van der Waals surface area contributed by atoms with Gasteiger partial charge < -0.3 is 15.2 Å². The third-order valence-electron chi connectivity index (χ3n) is 5.11. The van der Waals surface area contributed by atoms with E-state index in [1.165, 1.54) is 96.3 Å². The van der Waals surface area contributed by atoms with E-state index in [2.05, 4.69) is 12.2 Å². The maximum Gasteiger partial charge on any atom is 1.00 e. The molecule has 0 heterocycles. The van der Waals surface area contributed by atoms with E-state index in [4.69, 9.17) is 0 Å². The van der Waals surface area contributed by atoms with Gasteiger partial charge in [-0.3, -0.25) is 0 Å². The quantitative estimate of drug-likeness (QED) is 0.262. The van der Waals surface area contributed by atoms with Crippen LogP contribution >= 0.6 is 0 Å². The average molecular weight is 378 g/mol. The summed E-state index contributed by atoms with van der Waals surface area (Å²) in [4.78, 5) is 10.8. The molecular formula is C22H44NNaO2. The molecule has 4 heteroatoms. The van der Waals surface area contributed by atoms with E-state index in [1.807, 2.05) is 6.92 Å². The molecule has 0 aromatic carbocycles. The van der Waals surface area contributed by atoms with E-state index in [-0.39, 0.29) is 29.6 Å². The summed E-state index contributed by atoms with van der Waals surface area (Å²) >= 11 is 0. The van der Waals surface area contributed by atoms with Gasteiger partial charge in [-0.1, -0.05) is 110 Å². The zero-order valence-electron chi connectivity index (χ0n) is 18.1. The zero-order chi connectivity index (χ0) is 18.6. The van der Waals surface area contributed by atoms with Crippen molar-refractivity contribution >= 4 is 5.97 Å². The monoisotopic (exact) mass is 377 g/mol. The number of hydrogen-bond acceptors (Lipinski definition) is 3. The smallest absolute Gasteiger partial charge is 0.548 e. The molecule has 0 spiro atoms. The predicted octanol–water partition coefficient (Wildman–Crippen LogP) is 2.37. The first-order valence-corrected chi connectivity index (χ1v) is 11.2. The molecule has 0 saturated heterocycles. The van der Waals surface area contributed by atoms with E-state index >= 15 is 0 Å². The molecule has 3 nitrogen and oxygen atoms in total. The van der Waals surface area contributed by atoms with Crippen LogP contribution in [0.25, 0.3) is 0 Å². The van der Waals surface area contributed by atoms with Crippen LogP contribution in [-0.4, -0.2) is 18.6 Å². The third kappa shape index (κ3) is 20.7. The van der Waals surface area contributed by atoms with Gasteiger partial charge in [0.2, 0.25) is 0 Å². The third-order valence-corrected chi connectivity index (χ3v) is 5.11. The zero-order valence-corrected chi connectivity index (χ0v) is 20.1. The Labute approximate surface area is 185 Å². The summed E-state index contributed by atoms with van der Waals surface area (Å²) in [5.74, 6) is -0.973. The van der Waals surface area contributed by atoms with Crippen molar-refractivity contribution in [3.05, 3.63) is 0 Å². The number of carbonyl (C=O) groups is 1. The maximum atomic E-state index is 10.8. The molecule has 0 aliphatic carbocycles. The Kier molecular flexibility index (Phi) is 25.9. The number of carboxylic acids is 1. The molecule has 0 bridgehead atoms. The van der Waals surface area contributed by atoms with Gasteiger partial charge in [0, 0.05) is 6.04 Å². The van der Waals surface area contributed by atoms with Crippen LogP contribution in [0.4, 0.5) is 0 Å². The van der Waals surface area contributed by atoms with E-state index in [1.54, 1.807) is 0 Å². The first kappa shape index (κ1) is 28.6. The maximum absolute atomic E-state index is 10.8. The van der Waals surface area contributed by atoms with Crippen molar-refractivity contribution in [2.24, 2.45) is 0 Å². The van der Waals surface area contributed by atoms with Gasteiger partial charge in [-0.25, -0.2) is 0 Å². The van der Waals surface area contributed by atoms with Gasteiger partial charge in [0.15, 0.2) is 0 Å². The Morgan fingerprint density at radius 1 is 0.692 bits per heavy atom. The van der Waals surface area contributed by atoms with Gasteiger partial charge in [0.1, 0.15) is 0 Å². The summed E-state index contributed by atoms with van der Waals surface area (Å²) in [6.07, 6.45) is 22.4. The average Bonchev–Trinajstić information content (AvgIpc) is 2.60. The molecule has 0 aromatic heterocycles. The SMILES string of the molecule is CCCCCCCCCCCCCCCCCCNC(CC)C(=O)[O-].[Na+]. The first-order valence-electron chi connectivity index (χ1n) is 11.2. The molecule has 1 atom stereocenters. The number of rotatable bonds is 20. The molecule has 0 rings (SSSR count). The van der Waals surface area contributed by atoms with E-state index in [9.17, 15) is 9.90 Å². The van der Waals surface area contributed by atoms with Gasteiger partial charge in [0.05, 0.1) is 5.97 Å². The number of aliphatic carboxylic acids is 1. The van der Waals surface area contributed by atoms with Gasteiger partial charge in [-0.2, -0.15) is 0 Å². The normalized spacial score (nSPS) is 11.9. The number of carbonyl (C=O) groups excluding carboxylic acids is 1. The summed E-state index contributed by atoms with van der Waals surface area (Å²) in [5, 5.41) is 13.8. The van der Waals surface area contributed by atoms with Crippen LogP contribution in [0.15, 0.2) is 0 Å². The summed E-state index contributed by atoms with van der Waals surface area (Å²) in [5.41, 5.74) is 0. The van der Waals surface area contributed by atoms with E-state index in [0.29, 0.717) is 6.42 Å². The van der Waals surface area contributed by atoms with Crippen LogP contribution < -0.4 is 40.0 Å². The number of carboxylic acid groups (broad SMARTS) is 1. The minimum atomic E-state index is -0.973. The largest absolute Gasteiger partial charge is 1.00 e. The molecule has 0 saturated carbocycles. The molecule has 0 aliphatic heterocycles. The van der Waals surface area contributed by atoms with Crippen molar-refractivity contribution < 1.29 is 39.5 Å². The molecule has 0 radical (unpaired) electrons. The Morgan fingerprint density at radius 3 is 1.35 bits per heavy atom. The number of hydrogen-bond donors (Lipinski definition) is 1. The van der Waals surface area contributed by atoms with Crippen molar-refractivity contribution in [2.75, 3.05) is 6.54 Å². The minimum absolute atomic E-state index is 0. The number of nitrogens with one attached hydrogen (secondary N) is 1. The van der Waals surface area contributed by atoms with Gasteiger partial charge in [0.25, 0.3) is 0 Å². The molecule has 0 aromatic rings. The topological polar surface area (TPSA) is 52.2 Å². The van der Waals surface area contributed by atoms with Gasteiger partial charge in [-0.15, -0.1) is 0 Å². The van der Waals surface area contributed by atoms with Gasteiger partial charge >= 0.3 is 29.6 Å². The van der Waals surface area contributed by atoms with Crippen molar-refractivity contribution in [1.29, 1.82) is 0 Å².